The summed E-state index contributed by atoms with van der Waals surface area (Å²) in [5.41, 5.74) is 1.22. The van der Waals surface area contributed by atoms with Crippen molar-refractivity contribution in [2.75, 3.05) is 0 Å². The van der Waals surface area contributed by atoms with Crippen LogP contribution >= 0.6 is 0 Å². The summed E-state index contributed by atoms with van der Waals surface area (Å²) in [4.78, 5) is 27.3. The molecule has 1 aliphatic carbocycles. The topological polar surface area (TPSA) is 97.1 Å². The minimum absolute atomic E-state index is 0.0670. The van der Waals surface area contributed by atoms with Gasteiger partial charge in [-0.2, -0.15) is 5.10 Å². The Balaban J connectivity index is 1.71. The van der Waals surface area contributed by atoms with Crippen LogP contribution in [0.25, 0.3) is 11.0 Å². The molecular weight excluding hydrogens is 284 g/mol. The zero-order chi connectivity index (χ0) is 15.9. The molecule has 0 aliphatic heterocycles. The van der Waals surface area contributed by atoms with E-state index < -0.39 is 5.97 Å². The average molecular weight is 302 g/mol. The molecule has 0 spiro atoms. The van der Waals surface area contributed by atoms with Crippen molar-refractivity contribution in [1.82, 2.24) is 20.1 Å². The first-order valence-corrected chi connectivity index (χ1v) is 7.32. The molecule has 2 N–H and O–H groups in total. The van der Waals surface area contributed by atoms with E-state index in [1.54, 1.807) is 16.9 Å². The van der Waals surface area contributed by atoms with Gasteiger partial charge in [-0.15, -0.1) is 0 Å². The Morgan fingerprint density at radius 3 is 2.73 bits per heavy atom. The predicted molar refractivity (Wildman–Crippen MR) is 79.5 cm³/mol. The van der Waals surface area contributed by atoms with Gasteiger partial charge in [0.1, 0.15) is 0 Å². The molecule has 1 amide bonds. The second kappa shape index (κ2) is 5.40. The summed E-state index contributed by atoms with van der Waals surface area (Å²) in [6.45, 7) is 4.04. The third-order valence-electron chi connectivity index (χ3n) is 4.01. The lowest BCUT2D eigenvalue weighted by molar-refractivity contribution is -0.145. The predicted octanol–water partition coefficient (Wildman–Crippen LogP) is 1.61. The summed E-state index contributed by atoms with van der Waals surface area (Å²) in [6.07, 6.45) is 4.21. The van der Waals surface area contributed by atoms with Gasteiger partial charge in [0.25, 0.3) is 5.91 Å². The molecule has 0 bridgehead atoms. The Labute approximate surface area is 127 Å². The van der Waals surface area contributed by atoms with Gasteiger partial charge in [0, 0.05) is 23.7 Å². The molecule has 7 heteroatoms. The fourth-order valence-electron chi connectivity index (χ4n) is 2.65. The lowest BCUT2D eigenvalue weighted by Crippen LogP contribution is -2.46. The number of carboxylic acids is 1. The summed E-state index contributed by atoms with van der Waals surface area (Å²) in [7, 11) is 0. The van der Waals surface area contributed by atoms with Gasteiger partial charge in [0.2, 0.25) is 0 Å². The molecule has 0 unspecified atom stereocenters. The fourth-order valence-corrected chi connectivity index (χ4v) is 2.65. The molecule has 1 fully saturated rings. The van der Waals surface area contributed by atoms with E-state index in [4.69, 9.17) is 5.11 Å². The lowest BCUT2D eigenvalue weighted by atomic mass is 9.80. The zero-order valence-electron chi connectivity index (χ0n) is 12.5. The van der Waals surface area contributed by atoms with E-state index in [0.29, 0.717) is 18.4 Å². The maximum absolute atomic E-state index is 12.2. The largest absolute Gasteiger partial charge is 0.481 e. The van der Waals surface area contributed by atoms with Crippen molar-refractivity contribution in [3.63, 3.8) is 0 Å². The highest BCUT2D eigenvalue weighted by atomic mass is 16.4. The van der Waals surface area contributed by atoms with Crippen molar-refractivity contribution < 1.29 is 14.7 Å². The Morgan fingerprint density at radius 1 is 1.36 bits per heavy atom. The number of rotatable bonds is 4. The van der Waals surface area contributed by atoms with Crippen molar-refractivity contribution in [1.29, 1.82) is 0 Å². The van der Waals surface area contributed by atoms with E-state index in [9.17, 15) is 9.59 Å². The van der Waals surface area contributed by atoms with Crippen LogP contribution in [0.5, 0.6) is 0 Å². The second-order valence-corrected chi connectivity index (χ2v) is 6.00. The highest BCUT2D eigenvalue weighted by molar-refractivity contribution is 5.97. The second-order valence-electron chi connectivity index (χ2n) is 6.00. The number of hydrogen-bond acceptors (Lipinski definition) is 4. The molecule has 0 saturated heterocycles. The number of carboxylic acid groups (broad SMARTS) is 1. The molecule has 0 aromatic carbocycles. The summed E-state index contributed by atoms with van der Waals surface area (Å²) in [5, 5.41) is 16.8. The molecule has 0 radical (unpaired) electrons. The van der Waals surface area contributed by atoms with Crippen LogP contribution in [0.15, 0.2) is 18.5 Å². The van der Waals surface area contributed by atoms with E-state index in [1.807, 2.05) is 13.8 Å². The number of nitrogens with zero attached hydrogens (tertiary/aromatic N) is 3. The van der Waals surface area contributed by atoms with Crippen LogP contribution in [0.4, 0.5) is 0 Å². The smallest absolute Gasteiger partial charge is 0.306 e. The van der Waals surface area contributed by atoms with Crippen LogP contribution in [0.2, 0.25) is 0 Å². The summed E-state index contributed by atoms with van der Waals surface area (Å²) < 4.78 is 1.81. The summed E-state index contributed by atoms with van der Waals surface area (Å²) in [5.74, 6) is -1.36. The number of fused-ring (bicyclic) bond motifs is 1. The molecule has 2 aromatic heterocycles. The third-order valence-corrected chi connectivity index (χ3v) is 4.01. The monoisotopic (exact) mass is 302 g/mol. The molecule has 22 heavy (non-hydrogen) atoms. The van der Waals surface area contributed by atoms with Crippen molar-refractivity contribution in [2.45, 2.75) is 38.8 Å². The van der Waals surface area contributed by atoms with Crippen molar-refractivity contribution in [3.05, 3.63) is 24.0 Å². The van der Waals surface area contributed by atoms with Crippen LogP contribution in [-0.4, -0.2) is 37.8 Å². The number of pyridine rings is 1. The Hall–Kier alpha value is -2.44. The molecule has 0 atom stereocenters. The number of carbonyl (C=O) groups is 2. The molecule has 3 rings (SSSR count). The van der Waals surface area contributed by atoms with Crippen molar-refractivity contribution in [2.24, 2.45) is 5.92 Å². The molecule has 7 nitrogen and oxygen atoms in total. The molecular formula is C15H18N4O3. The van der Waals surface area contributed by atoms with Gasteiger partial charge in [-0.25, -0.2) is 9.67 Å². The Kier molecular flexibility index (Phi) is 3.56. The number of carbonyl (C=O) groups excluding carboxylic acids is 1. The van der Waals surface area contributed by atoms with E-state index in [-0.39, 0.29) is 23.9 Å². The SMILES string of the molecule is CC(C)n1ncc2cc(C(=O)NC3CC(C(=O)O)C3)cnc21. The van der Waals surface area contributed by atoms with E-state index in [1.165, 1.54) is 6.20 Å². The van der Waals surface area contributed by atoms with Gasteiger partial charge in [0.05, 0.1) is 17.7 Å². The van der Waals surface area contributed by atoms with E-state index >= 15 is 0 Å². The van der Waals surface area contributed by atoms with Gasteiger partial charge < -0.3 is 10.4 Å². The van der Waals surface area contributed by atoms with Gasteiger partial charge in [-0.05, 0) is 32.8 Å². The third kappa shape index (κ3) is 2.54. The minimum Gasteiger partial charge on any atom is -0.481 e. The highest BCUT2D eigenvalue weighted by Gasteiger charge is 2.35. The van der Waals surface area contributed by atoms with Crippen LogP contribution in [0, 0.1) is 5.92 Å². The van der Waals surface area contributed by atoms with E-state index in [2.05, 4.69) is 15.4 Å². The Bertz CT molecular complexity index is 731. The first-order valence-electron chi connectivity index (χ1n) is 7.32. The number of hydrogen-bond donors (Lipinski definition) is 2. The maximum atomic E-state index is 12.2. The standard InChI is InChI=1S/C15H18N4O3/c1-8(2)19-13-10(7-17-19)3-11(6-16-13)14(20)18-12-4-9(5-12)15(21)22/h3,6-9,12H,4-5H2,1-2H3,(H,18,20)(H,21,22). The van der Waals surface area contributed by atoms with Crippen LogP contribution < -0.4 is 5.32 Å². The minimum atomic E-state index is -0.797. The first kappa shape index (κ1) is 14.5. The maximum Gasteiger partial charge on any atom is 0.306 e. The molecule has 1 saturated carbocycles. The number of nitrogens with one attached hydrogen (secondary N) is 1. The van der Waals surface area contributed by atoms with Gasteiger partial charge in [-0.3, -0.25) is 9.59 Å². The van der Waals surface area contributed by atoms with Crippen LogP contribution in [-0.2, 0) is 4.79 Å². The number of amides is 1. The van der Waals surface area contributed by atoms with Gasteiger partial charge >= 0.3 is 5.97 Å². The zero-order valence-corrected chi connectivity index (χ0v) is 12.5. The normalized spacial score (nSPS) is 20.9. The highest BCUT2D eigenvalue weighted by Crippen LogP contribution is 2.27. The van der Waals surface area contributed by atoms with Crippen molar-refractivity contribution in [3.8, 4) is 0 Å². The molecule has 2 heterocycles. The number of aliphatic carboxylic acids is 1. The van der Waals surface area contributed by atoms with Crippen molar-refractivity contribution >= 4 is 22.9 Å². The summed E-state index contributed by atoms with van der Waals surface area (Å²) in [6, 6.07) is 1.90. The first-order chi connectivity index (χ1) is 10.5. The van der Waals surface area contributed by atoms with Gasteiger partial charge in [0.15, 0.2) is 5.65 Å². The quantitative estimate of drug-likeness (QED) is 0.894. The van der Waals surface area contributed by atoms with E-state index in [0.717, 1.165) is 11.0 Å². The fraction of sp³-hybridized carbons (Fsp3) is 0.467. The average Bonchev–Trinajstić information content (AvgIpc) is 2.84. The van der Waals surface area contributed by atoms with Crippen LogP contribution in [0.3, 0.4) is 0 Å². The molecule has 1 aliphatic rings. The lowest BCUT2D eigenvalue weighted by Gasteiger charge is -2.32. The molecule has 116 valence electrons. The summed E-state index contributed by atoms with van der Waals surface area (Å²) >= 11 is 0. The molecule has 2 aromatic rings. The Morgan fingerprint density at radius 2 is 2.09 bits per heavy atom. The number of aromatic nitrogens is 3. The van der Waals surface area contributed by atoms with Gasteiger partial charge in [-0.1, -0.05) is 0 Å². The van der Waals surface area contributed by atoms with Crippen LogP contribution in [0.1, 0.15) is 43.1 Å².